The number of hydrogen-bond donors (Lipinski definition) is 1. The largest absolute Gasteiger partial charge is 0.307 e. The molecule has 1 heteroatoms. The van der Waals surface area contributed by atoms with Gasteiger partial charge in [0.05, 0.1) is 0 Å². The molecule has 1 N–H and O–H groups in total. The molecule has 0 saturated heterocycles. The van der Waals surface area contributed by atoms with E-state index in [4.69, 9.17) is 0 Å². The average molecular weight is 203 g/mol. The molecule has 1 nitrogen and oxygen atoms in total. The van der Waals surface area contributed by atoms with E-state index in [1.54, 1.807) is 0 Å². The minimum absolute atomic E-state index is 0.483. The average Bonchev–Trinajstić information content (AvgIpc) is 2.66. The van der Waals surface area contributed by atoms with Crippen molar-refractivity contribution in [2.45, 2.75) is 45.2 Å². The van der Waals surface area contributed by atoms with Gasteiger partial charge in [-0.3, -0.25) is 0 Å². The van der Waals surface area contributed by atoms with Crippen molar-refractivity contribution in [2.24, 2.45) is 5.92 Å². The van der Waals surface area contributed by atoms with Crippen molar-refractivity contribution in [1.82, 2.24) is 5.32 Å². The molecule has 0 radical (unpaired) electrons. The molecular formula is C14H21N. The summed E-state index contributed by atoms with van der Waals surface area (Å²) >= 11 is 0. The van der Waals surface area contributed by atoms with E-state index < -0.39 is 0 Å². The Balaban J connectivity index is 1.95. The predicted molar refractivity (Wildman–Crippen MR) is 64.8 cm³/mol. The number of benzene rings is 1. The Morgan fingerprint density at radius 1 is 1.20 bits per heavy atom. The Bertz CT molecular complexity index is 293. The van der Waals surface area contributed by atoms with Crippen LogP contribution in [0.15, 0.2) is 30.3 Å². The fourth-order valence-electron chi connectivity index (χ4n) is 2.55. The highest BCUT2D eigenvalue weighted by Crippen LogP contribution is 2.27. The van der Waals surface area contributed by atoms with E-state index in [9.17, 15) is 0 Å². The van der Waals surface area contributed by atoms with E-state index in [0.717, 1.165) is 12.0 Å². The minimum Gasteiger partial charge on any atom is -0.307 e. The fraction of sp³-hybridized carbons (Fsp3) is 0.571. The second-order valence-electron chi connectivity index (χ2n) is 4.81. The third kappa shape index (κ3) is 2.60. The van der Waals surface area contributed by atoms with Gasteiger partial charge in [0.15, 0.2) is 0 Å². The molecule has 1 fully saturated rings. The van der Waals surface area contributed by atoms with E-state index in [1.165, 1.54) is 24.8 Å². The summed E-state index contributed by atoms with van der Waals surface area (Å²) in [6.45, 7) is 4.63. The first-order valence-electron chi connectivity index (χ1n) is 6.08. The zero-order valence-electron chi connectivity index (χ0n) is 9.74. The maximum atomic E-state index is 3.74. The van der Waals surface area contributed by atoms with Crippen LogP contribution in [0.1, 0.15) is 44.7 Å². The summed E-state index contributed by atoms with van der Waals surface area (Å²) in [4.78, 5) is 0. The maximum Gasteiger partial charge on any atom is 0.0294 e. The first kappa shape index (κ1) is 10.7. The highest BCUT2D eigenvalue weighted by molar-refractivity contribution is 5.18. The summed E-state index contributed by atoms with van der Waals surface area (Å²) < 4.78 is 0. The topological polar surface area (TPSA) is 12.0 Å². The lowest BCUT2D eigenvalue weighted by Gasteiger charge is -2.23. The van der Waals surface area contributed by atoms with Gasteiger partial charge in [0.2, 0.25) is 0 Å². The predicted octanol–water partition coefficient (Wildman–Crippen LogP) is 3.53. The van der Waals surface area contributed by atoms with Gasteiger partial charge in [-0.15, -0.1) is 0 Å². The van der Waals surface area contributed by atoms with E-state index in [0.29, 0.717) is 6.04 Å². The molecule has 0 heterocycles. The SMILES string of the molecule is C[C@H](N[C@@H]1CCC[C@@H]1C)c1ccccc1. The molecule has 15 heavy (non-hydrogen) atoms. The second kappa shape index (κ2) is 4.80. The first-order chi connectivity index (χ1) is 7.27. The molecule has 1 aromatic carbocycles. The van der Waals surface area contributed by atoms with Crippen molar-refractivity contribution in [3.63, 3.8) is 0 Å². The molecular weight excluding hydrogens is 182 g/mol. The highest BCUT2D eigenvalue weighted by atomic mass is 15.0. The Labute approximate surface area is 92.9 Å². The van der Waals surface area contributed by atoms with Gasteiger partial charge in [0.25, 0.3) is 0 Å². The van der Waals surface area contributed by atoms with Crippen LogP contribution in [0.25, 0.3) is 0 Å². The van der Waals surface area contributed by atoms with Crippen LogP contribution in [0, 0.1) is 5.92 Å². The van der Waals surface area contributed by atoms with Crippen LogP contribution in [0.2, 0.25) is 0 Å². The van der Waals surface area contributed by atoms with Gasteiger partial charge < -0.3 is 5.32 Å². The van der Waals surface area contributed by atoms with Crippen molar-refractivity contribution in [3.05, 3.63) is 35.9 Å². The van der Waals surface area contributed by atoms with Gasteiger partial charge in [-0.25, -0.2) is 0 Å². The molecule has 0 bridgehead atoms. The van der Waals surface area contributed by atoms with Crippen molar-refractivity contribution >= 4 is 0 Å². The second-order valence-corrected chi connectivity index (χ2v) is 4.81. The van der Waals surface area contributed by atoms with E-state index in [-0.39, 0.29) is 0 Å². The van der Waals surface area contributed by atoms with Gasteiger partial charge >= 0.3 is 0 Å². The summed E-state index contributed by atoms with van der Waals surface area (Å²) in [6.07, 6.45) is 4.12. The highest BCUT2D eigenvalue weighted by Gasteiger charge is 2.24. The number of rotatable bonds is 3. The van der Waals surface area contributed by atoms with E-state index in [2.05, 4.69) is 49.5 Å². The molecule has 0 spiro atoms. The van der Waals surface area contributed by atoms with E-state index in [1.807, 2.05) is 0 Å². The van der Waals surface area contributed by atoms with Crippen LogP contribution in [-0.4, -0.2) is 6.04 Å². The van der Waals surface area contributed by atoms with Crippen molar-refractivity contribution in [2.75, 3.05) is 0 Å². The van der Waals surface area contributed by atoms with Crippen LogP contribution in [-0.2, 0) is 0 Å². The van der Waals surface area contributed by atoms with Gasteiger partial charge in [-0.1, -0.05) is 43.7 Å². The monoisotopic (exact) mass is 203 g/mol. The van der Waals surface area contributed by atoms with E-state index >= 15 is 0 Å². The third-order valence-electron chi connectivity index (χ3n) is 3.63. The zero-order chi connectivity index (χ0) is 10.7. The molecule has 0 amide bonds. The van der Waals surface area contributed by atoms with Crippen molar-refractivity contribution in [1.29, 1.82) is 0 Å². The summed E-state index contributed by atoms with van der Waals surface area (Å²) in [6, 6.07) is 11.9. The van der Waals surface area contributed by atoms with Crippen LogP contribution in [0.3, 0.4) is 0 Å². The Hall–Kier alpha value is -0.820. The quantitative estimate of drug-likeness (QED) is 0.792. The maximum absolute atomic E-state index is 3.74. The lowest BCUT2D eigenvalue weighted by molar-refractivity contribution is 0.388. The van der Waals surface area contributed by atoms with Crippen LogP contribution >= 0.6 is 0 Å². The van der Waals surface area contributed by atoms with Gasteiger partial charge in [0, 0.05) is 12.1 Å². The molecule has 1 aromatic rings. The zero-order valence-corrected chi connectivity index (χ0v) is 9.74. The fourth-order valence-corrected chi connectivity index (χ4v) is 2.55. The van der Waals surface area contributed by atoms with Crippen LogP contribution < -0.4 is 5.32 Å². The Kier molecular flexibility index (Phi) is 3.42. The lowest BCUT2D eigenvalue weighted by atomic mass is 10.0. The van der Waals surface area contributed by atoms with Crippen LogP contribution in [0.5, 0.6) is 0 Å². The molecule has 2 rings (SSSR count). The van der Waals surface area contributed by atoms with Crippen molar-refractivity contribution < 1.29 is 0 Å². The Morgan fingerprint density at radius 2 is 1.93 bits per heavy atom. The van der Waals surface area contributed by atoms with Gasteiger partial charge in [-0.05, 0) is 31.2 Å². The Morgan fingerprint density at radius 3 is 2.53 bits per heavy atom. The standard InChI is InChI=1S/C14H21N/c1-11-7-6-10-14(11)15-12(2)13-8-4-3-5-9-13/h3-5,8-9,11-12,14-15H,6-7,10H2,1-2H3/t11-,12-,14+/m0/s1. The van der Waals surface area contributed by atoms with Crippen molar-refractivity contribution in [3.8, 4) is 0 Å². The lowest BCUT2D eigenvalue weighted by Crippen LogP contribution is -2.33. The minimum atomic E-state index is 0.483. The molecule has 1 aliphatic rings. The molecule has 3 atom stereocenters. The summed E-state index contributed by atoms with van der Waals surface area (Å²) in [7, 11) is 0. The molecule has 1 aliphatic carbocycles. The molecule has 0 unspecified atom stereocenters. The molecule has 0 aliphatic heterocycles. The third-order valence-corrected chi connectivity index (χ3v) is 3.63. The van der Waals surface area contributed by atoms with Gasteiger partial charge in [-0.2, -0.15) is 0 Å². The number of nitrogens with one attached hydrogen (secondary N) is 1. The number of hydrogen-bond acceptors (Lipinski definition) is 1. The molecule has 1 saturated carbocycles. The normalized spacial score (nSPS) is 27.9. The smallest absolute Gasteiger partial charge is 0.0294 e. The summed E-state index contributed by atoms with van der Waals surface area (Å²) in [5.74, 6) is 0.844. The first-order valence-corrected chi connectivity index (χ1v) is 6.08. The van der Waals surface area contributed by atoms with Crippen LogP contribution in [0.4, 0.5) is 0 Å². The van der Waals surface area contributed by atoms with Gasteiger partial charge in [0.1, 0.15) is 0 Å². The summed E-state index contributed by atoms with van der Waals surface area (Å²) in [5, 5.41) is 3.74. The molecule has 0 aromatic heterocycles. The molecule has 82 valence electrons. The summed E-state index contributed by atoms with van der Waals surface area (Å²) in [5.41, 5.74) is 1.40.